The van der Waals surface area contributed by atoms with Crippen LogP contribution in [0.4, 0.5) is 0 Å². The number of ether oxygens (including phenoxy) is 2. The molecule has 308 valence electrons. The van der Waals surface area contributed by atoms with E-state index in [1.54, 1.807) is 0 Å². The van der Waals surface area contributed by atoms with Crippen LogP contribution in [-0.2, 0) is 0 Å². The molecule has 4 nitrogen and oxygen atoms in total. The third-order valence-corrected chi connectivity index (χ3v) is 24.1. The molecule has 4 heterocycles. The molecule has 0 N–H and O–H groups in total. The van der Waals surface area contributed by atoms with E-state index in [-0.39, 0.29) is 6.71 Å². The topological polar surface area (TPSA) is 28.3 Å². The van der Waals surface area contributed by atoms with E-state index in [1.807, 2.05) is 0 Å². The predicted molar refractivity (Wildman–Crippen MR) is 276 cm³/mol. The molecule has 10 aromatic carbocycles. The first-order valence-electron chi connectivity index (χ1n) is 22.7. The minimum atomic E-state index is -3.83. The van der Waals surface area contributed by atoms with Crippen molar-refractivity contribution in [3.8, 4) is 34.4 Å². The molecule has 12 aromatic rings. The summed E-state index contributed by atoms with van der Waals surface area (Å²) in [6, 6.07) is 87.1. The van der Waals surface area contributed by atoms with Gasteiger partial charge in [-0.15, -0.1) is 0 Å². The maximum absolute atomic E-state index is 6.94. The third kappa shape index (κ3) is 5.29. The molecule has 14 rings (SSSR count). The number of rotatable bonds is 6. The Kier molecular flexibility index (Phi) is 8.22. The summed E-state index contributed by atoms with van der Waals surface area (Å²) in [7, 11) is 0. The maximum atomic E-state index is 6.94. The minimum absolute atomic E-state index is 0.0124. The molecule has 0 radical (unpaired) electrons. The summed E-state index contributed by atoms with van der Waals surface area (Å²) in [6.45, 7) is -0.0124. The fourth-order valence-electron chi connectivity index (χ4n) is 11.5. The molecule has 0 amide bonds. The van der Waals surface area contributed by atoms with E-state index in [2.05, 4.69) is 246 Å². The van der Waals surface area contributed by atoms with Gasteiger partial charge in [0.05, 0.1) is 0 Å². The van der Waals surface area contributed by atoms with Crippen molar-refractivity contribution in [1.82, 2.24) is 9.13 Å². The van der Waals surface area contributed by atoms with E-state index < -0.39 is 13.3 Å². The van der Waals surface area contributed by atoms with Crippen LogP contribution in [0.25, 0.3) is 55.0 Å². The van der Waals surface area contributed by atoms with Crippen molar-refractivity contribution in [3.63, 3.8) is 0 Å². The number of nitrogens with zero attached hydrogens (tertiary/aromatic N) is 2. The van der Waals surface area contributed by atoms with E-state index in [0.29, 0.717) is 0 Å². The van der Waals surface area contributed by atoms with Crippen molar-refractivity contribution < 1.29 is 9.47 Å². The van der Waals surface area contributed by atoms with Crippen LogP contribution in [0.5, 0.6) is 23.0 Å². The van der Waals surface area contributed by atoms with Gasteiger partial charge >= 0.3 is 375 Å². The summed E-state index contributed by atoms with van der Waals surface area (Å²) in [5.41, 5.74) is 10.0. The van der Waals surface area contributed by atoms with Gasteiger partial charge in [0.2, 0.25) is 0 Å². The second-order valence-corrected chi connectivity index (χ2v) is 25.5. The van der Waals surface area contributed by atoms with Crippen molar-refractivity contribution in [2.45, 2.75) is 0 Å². The molecule has 0 unspecified atom stereocenters. The molecule has 66 heavy (non-hydrogen) atoms. The van der Waals surface area contributed by atoms with Crippen LogP contribution in [0, 0.1) is 0 Å². The van der Waals surface area contributed by atoms with Gasteiger partial charge in [0.1, 0.15) is 0 Å². The van der Waals surface area contributed by atoms with Crippen LogP contribution < -0.4 is 43.4 Å². The molecule has 0 saturated heterocycles. The number of hydrogen-bond donors (Lipinski definition) is 0. The Morgan fingerprint density at radius 2 is 0.742 bits per heavy atom. The normalized spacial score (nSPS) is 12.8. The van der Waals surface area contributed by atoms with Gasteiger partial charge in [-0.3, -0.25) is 0 Å². The predicted octanol–water partition coefficient (Wildman–Crippen LogP) is 9.99. The Bertz CT molecular complexity index is 3680. The molecule has 2 aromatic heterocycles. The van der Waals surface area contributed by atoms with E-state index in [1.165, 1.54) is 39.1 Å². The molecule has 0 bridgehead atoms. The number of fused-ring (bicyclic) bond motifs is 10. The summed E-state index contributed by atoms with van der Waals surface area (Å²) in [5.74, 6) is 3.37. The summed E-state index contributed by atoms with van der Waals surface area (Å²) in [5, 5.41) is 4.82. The Morgan fingerprint density at radius 3 is 1.24 bits per heavy atom. The molecular weight excluding hydrogens is 864 g/mol. The van der Waals surface area contributed by atoms with Crippen LogP contribution in [0.15, 0.2) is 237 Å². The van der Waals surface area contributed by atoms with E-state index >= 15 is 0 Å². The molecule has 2 aliphatic heterocycles. The zero-order valence-electron chi connectivity index (χ0n) is 35.8. The van der Waals surface area contributed by atoms with Crippen LogP contribution >= 0.6 is 0 Å². The fraction of sp³-hybridized carbons (Fsp3) is 0. The zero-order chi connectivity index (χ0) is 43.3. The van der Waals surface area contributed by atoms with Crippen LogP contribution in [0.2, 0.25) is 0 Å². The monoisotopic (exact) mass is 904 g/mol. The Morgan fingerprint density at radius 1 is 0.333 bits per heavy atom. The Balaban J connectivity index is 1.15. The van der Waals surface area contributed by atoms with E-state index in [9.17, 15) is 0 Å². The van der Waals surface area contributed by atoms with Gasteiger partial charge in [0.15, 0.2) is 0 Å². The van der Waals surface area contributed by atoms with Crippen LogP contribution in [0.3, 0.4) is 0 Å². The SMILES string of the molecule is c1cc[c]([Ge]([c]2ccccc2)([c]2ccccc2)[c]2cc(-n3c4ccccc4c4ccccc43)c3c(c2)c2ccccc2n3-c2cc3c4c(c2)Oc2ccccc2B4c2ccccc2O3)cc1. The van der Waals surface area contributed by atoms with Gasteiger partial charge in [-0.1, -0.05) is 12.1 Å². The number of hydrogen-bond acceptors (Lipinski definition) is 2. The van der Waals surface area contributed by atoms with E-state index in [4.69, 9.17) is 9.47 Å². The van der Waals surface area contributed by atoms with Crippen molar-refractivity contribution in [2.24, 2.45) is 0 Å². The summed E-state index contributed by atoms with van der Waals surface area (Å²) < 4.78 is 24.4. The van der Waals surface area contributed by atoms with Gasteiger partial charge in [-0.25, -0.2) is 0 Å². The van der Waals surface area contributed by atoms with Crippen molar-refractivity contribution in [2.75, 3.05) is 0 Å². The zero-order valence-corrected chi connectivity index (χ0v) is 37.9. The van der Waals surface area contributed by atoms with Gasteiger partial charge in [0.25, 0.3) is 0 Å². The van der Waals surface area contributed by atoms with Crippen LogP contribution in [-0.4, -0.2) is 29.1 Å². The molecule has 2 aliphatic rings. The van der Waals surface area contributed by atoms with Crippen molar-refractivity contribution in [3.05, 3.63) is 237 Å². The standard InChI is InChI=1S/C60H39BGeN2O2/c1-4-20-40(21-5-1)62(41-22-6-2-7-23-41,42-24-8-3-9-25-42)43-36-48-47-28-12-15-31-51(47)63(60(48)54(37-43)64-52-32-16-10-26-45(52)46-27-11-17-33-53(46)64)44-38-57-59-58(39-44)66-56-35-19-14-30-50(56)61(59)49-29-13-18-34-55(49)65-57/h1-39H. The first-order chi connectivity index (χ1) is 32.8. The van der Waals surface area contributed by atoms with Gasteiger partial charge in [0, 0.05) is 0 Å². The van der Waals surface area contributed by atoms with Crippen LogP contribution in [0.1, 0.15) is 0 Å². The molecule has 0 fully saturated rings. The second-order valence-electron chi connectivity index (χ2n) is 17.5. The van der Waals surface area contributed by atoms with Crippen molar-refractivity contribution >= 4 is 97.6 Å². The average molecular weight is 903 g/mol. The summed E-state index contributed by atoms with van der Waals surface area (Å²) in [4.78, 5) is 0. The second kappa shape index (κ2) is 14.5. The quantitative estimate of drug-likeness (QED) is 0.156. The molecular formula is C60H39BGeN2O2. The number of benzene rings is 10. The molecule has 0 saturated carbocycles. The van der Waals surface area contributed by atoms with Gasteiger partial charge in [-0.2, -0.15) is 0 Å². The number of para-hydroxylation sites is 5. The van der Waals surface area contributed by atoms with Gasteiger partial charge in [-0.05, 0) is 0 Å². The summed E-state index contributed by atoms with van der Waals surface area (Å²) >= 11 is -3.83. The Labute approximate surface area is 385 Å². The third-order valence-electron chi connectivity index (χ3n) is 14.2. The summed E-state index contributed by atoms with van der Waals surface area (Å²) in [6.07, 6.45) is 0. The molecule has 0 atom stereocenters. The fourth-order valence-corrected chi connectivity index (χ4v) is 21.5. The van der Waals surface area contributed by atoms with Gasteiger partial charge < -0.3 is 0 Å². The Hall–Kier alpha value is -7.99. The number of aromatic nitrogens is 2. The molecule has 6 heteroatoms. The van der Waals surface area contributed by atoms with E-state index in [0.717, 1.165) is 72.8 Å². The molecule has 0 aliphatic carbocycles. The first-order valence-corrected chi connectivity index (χ1v) is 26.9. The average Bonchev–Trinajstić information content (AvgIpc) is 3.90. The first kappa shape index (κ1) is 37.4. The van der Waals surface area contributed by atoms with Crippen molar-refractivity contribution in [1.29, 1.82) is 0 Å². The molecule has 0 spiro atoms.